The van der Waals surface area contributed by atoms with Gasteiger partial charge >= 0.3 is 0 Å². The maximum atomic E-state index is 5.46. The Labute approximate surface area is 158 Å². The van der Waals surface area contributed by atoms with Crippen LogP contribution in [0, 0.1) is 0 Å². The number of anilines is 1. The Morgan fingerprint density at radius 3 is 1.84 bits per heavy atom. The minimum Gasteiger partial charge on any atom is -0.356 e. The number of hydrogen-bond donors (Lipinski definition) is 2. The van der Waals surface area contributed by atoms with Gasteiger partial charge in [0.1, 0.15) is 0 Å². The van der Waals surface area contributed by atoms with E-state index in [1.807, 2.05) is 0 Å². The number of rotatable bonds is 4. The van der Waals surface area contributed by atoms with Crippen LogP contribution in [0.5, 0.6) is 0 Å². The van der Waals surface area contributed by atoms with Gasteiger partial charge in [-0.05, 0) is 59.3 Å². The molecule has 25 heavy (non-hydrogen) atoms. The lowest BCUT2D eigenvalue weighted by molar-refractivity contribution is 0.589. The summed E-state index contributed by atoms with van der Waals surface area (Å²) in [4.78, 5) is 0. The lowest BCUT2D eigenvalue weighted by Gasteiger charge is -2.21. The highest BCUT2D eigenvalue weighted by atomic mass is 32.1. The molecule has 3 heteroatoms. The second kappa shape index (κ2) is 8.01. The smallest absolute Gasteiger partial charge is 0.171 e. The first-order valence-corrected chi connectivity index (χ1v) is 9.35. The van der Waals surface area contributed by atoms with E-state index in [9.17, 15) is 0 Å². The highest BCUT2D eigenvalue weighted by Crippen LogP contribution is 2.24. The molecule has 0 aliphatic rings. The van der Waals surface area contributed by atoms with Crippen molar-refractivity contribution in [2.24, 2.45) is 0 Å². The SMILES string of the molecule is CC(C)c1ccc(NC(=S)N[C@@H](C)c2ccc(C(C)(C)C)cc2)cc1. The van der Waals surface area contributed by atoms with Gasteiger partial charge in [-0.3, -0.25) is 0 Å². The number of hydrogen-bond acceptors (Lipinski definition) is 1. The zero-order chi connectivity index (χ0) is 18.6. The molecule has 0 saturated heterocycles. The van der Waals surface area contributed by atoms with Crippen molar-refractivity contribution >= 4 is 23.0 Å². The molecule has 0 spiro atoms. The van der Waals surface area contributed by atoms with E-state index in [1.54, 1.807) is 0 Å². The van der Waals surface area contributed by atoms with E-state index in [0.29, 0.717) is 11.0 Å². The number of nitrogens with one attached hydrogen (secondary N) is 2. The predicted octanol–water partition coefficient (Wildman–Crippen LogP) is 6.16. The van der Waals surface area contributed by atoms with E-state index in [1.165, 1.54) is 16.7 Å². The maximum absolute atomic E-state index is 5.46. The van der Waals surface area contributed by atoms with Crippen LogP contribution in [-0.2, 0) is 5.41 Å². The van der Waals surface area contributed by atoms with Crippen LogP contribution in [0.2, 0.25) is 0 Å². The third-order valence-corrected chi connectivity index (χ3v) is 4.68. The average molecular weight is 355 g/mol. The summed E-state index contributed by atoms with van der Waals surface area (Å²) < 4.78 is 0. The molecule has 0 heterocycles. The van der Waals surface area contributed by atoms with E-state index < -0.39 is 0 Å². The average Bonchev–Trinajstić information content (AvgIpc) is 2.54. The zero-order valence-corrected chi connectivity index (χ0v) is 17.0. The summed E-state index contributed by atoms with van der Waals surface area (Å²) in [7, 11) is 0. The largest absolute Gasteiger partial charge is 0.356 e. The molecule has 2 rings (SSSR count). The van der Waals surface area contributed by atoms with Crippen molar-refractivity contribution < 1.29 is 0 Å². The second-order valence-corrected chi connectivity index (χ2v) is 8.38. The van der Waals surface area contributed by atoms with Crippen LogP contribution in [-0.4, -0.2) is 5.11 Å². The van der Waals surface area contributed by atoms with E-state index in [4.69, 9.17) is 12.2 Å². The fraction of sp³-hybridized carbons (Fsp3) is 0.409. The summed E-state index contributed by atoms with van der Waals surface area (Å²) in [6, 6.07) is 17.4. The predicted molar refractivity (Wildman–Crippen MR) is 113 cm³/mol. The Morgan fingerprint density at radius 1 is 0.840 bits per heavy atom. The van der Waals surface area contributed by atoms with Crippen LogP contribution in [0.15, 0.2) is 48.5 Å². The molecule has 134 valence electrons. The number of thiocarbonyl (C=S) groups is 1. The third kappa shape index (κ3) is 5.57. The van der Waals surface area contributed by atoms with Crippen molar-refractivity contribution in [3.63, 3.8) is 0 Å². The van der Waals surface area contributed by atoms with Crippen LogP contribution in [0.25, 0.3) is 0 Å². The van der Waals surface area contributed by atoms with Crippen molar-refractivity contribution in [3.8, 4) is 0 Å². The molecule has 0 radical (unpaired) electrons. The van der Waals surface area contributed by atoms with Crippen LogP contribution in [0.3, 0.4) is 0 Å². The van der Waals surface area contributed by atoms with E-state index in [0.717, 1.165) is 5.69 Å². The third-order valence-electron chi connectivity index (χ3n) is 4.46. The quantitative estimate of drug-likeness (QED) is 0.643. The van der Waals surface area contributed by atoms with Gasteiger partial charge in [0.2, 0.25) is 0 Å². The van der Waals surface area contributed by atoms with Gasteiger partial charge in [0.05, 0.1) is 6.04 Å². The van der Waals surface area contributed by atoms with Gasteiger partial charge in [-0.15, -0.1) is 0 Å². The molecule has 2 aromatic rings. The Morgan fingerprint density at radius 2 is 1.36 bits per heavy atom. The van der Waals surface area contributed by atoms with Crippen molar-refractivity contribution in [3.05, 3.63) is 65.2 Å². The van der Waals surface area contributed by atoms with Crippen molar-refractivity contribution in [2.75, 3.05) is 5.32 Å². The van der Waals surface area contributed by atoms with Gasteiger partial charge in [0.15, 0.2) is 5.11 Å². The van der Waals surface area contributed by atoms with Gasteiger partial charge in [0, 0.05) is 5.69 Å². The standard InChI is InChI=1S/C22H30N2S/c1-15(2)17-9-13-20(14-10-17)24-21(25)23-16(3)18-7-11-19(12-8-18)22(4,5)6/h7-16H,1-6H3,(H2,23,24,25)/t16-/m0/s1. The molecule has 0 unspecified atom stereocenters. The van der Waals surface area contributed by atoms with Gasteiger partial charge in [-0.2, -0.15) is 0 Å². The Kier molecular flexibility index (Phi) is 6.23. The molecule has 2 aromatic carbocycles. The Bertz CT molecular complexity index is 694. The monoisotopic (exact) mass is 354 g/mol. The Balaban J connectivity index is 1.95. The number of benzene rings is 2. The summed E-state index contributed by atoms with van der Waals surface area (Å²) in [5, 5.41) is 7.27. The van der Waals surface area contributed by atoms with Crippen molar-refractivity contribution in [1.29, 1.82) is 0 Å². The van der Waals surface area contributed by atoms with Crippen molar-refractivity contribution in [1.82, 2.24) is 5.32 Å². The lowest BCUT2D eigenvalue weighted by Crippen LogP contribution is -2.30. The molecule has 1 atom stereocenters. The first kappa shape index (κ1) is 19.5. The summed E-state index contributed by atoms with van der Waals surface area (Å²) in [5.74, 6) is 0.537. The molecular weight excluding hydrogens is 324 g/mol. The van der Waals surface area contributed by atoms with Gasteiger partial charge in [-0.1, -0.05) is 71.0 Å². The second-order valence-electron chi connectivity index (χ2n) is 7.97. The fourth-order valence-electron chi connectivity index (χ4n) is 2.67. The molecule has 0 bridgehead atoms. The highest BCUT2D eigenvalue weighted by Gasteiger charge is 2.14. The summed E-state index contributed by atoms with van der Waals surface area (Å²) in [5.41, 5.74) is 5.09. The highest BCUT2D eigenvalue weighted by molar-refractivity contribution is 7.80. The van der Waals surface area contributed by atoms with E-state index in [2.05, 4.69) is 101 Å². The minimum atomic E-state index is 0.156. The topological polar surface area (TPSA) is 24.1 Å². The normalized spacial score (nSPS) is 12.8. The molecule has 2 nitrogen and oxygen atoms in total. The van der Waals surface area contributed by atoms with Crippen LogP contribution >= 0.6 is 12.2 Å². The molecule has 0 amide bonds. The summed E-state index contributed by atoms with van der Waals surface area (Å²) in [6.45, 7) is 13.2. The molecule has 0 aliphatic heterocycles. The molecule has 0 fully saturated rings. The van der Waals surface area contributed by atoms with Crippen LogP contribution < -0.4 is 10.6 Å². The first-order chi connectivity index (χ1) is 11.7. The zero-order valence-electron chi connectivity index (χ0n) is 16.2. The maximum Gasteiger partial charge on any atom is 0.171 e. The van der Waals surface area contributed by atoms with Crippen LogP contribution in [0.4, 0.5) is 5.69 Å². The molecule has 0 aliphatic carbocycles. The fourth-order valence-corrected chi connectivity index (χ4v) is 2.96. The lowest BCUT2D eigenvalue weighted by atomic mass is 9.86. The summed E-state index contributed by atoms with van der Waals surface area (Å²) >= 11 is 5.46. The van der Waals surface area contributed by atoms with Crippen LogP contribution in [0.1, 0.15) is 70.2 Å². The van der Waals surface area contributed by atoms with E-state index >= 15 is 0 Å². The first-order valence-electron chi connectivity index (χ1n) is 8.94. The van der Waals surface area contributed by atoms with Gasteiger partial charge in [-0.25, -0.2) is 0 Å². The molecular formula is C22H30N2S. The van der Waals surface area contributed by atoms with E-state index in [-0.39, 0.29) is 11.5 Å². The van der Waals surface area contributed by atoms with Gasteiger partial charge in [0.25, 0.3) is 0 Å². The van der Waals surface area contributed by atoms with Gasteiger partial charge < -0.3 is 10.6 Å². The minimum absolute atomic E-state index is 0.156. The Hall–Kier alpha value is -1.87. The molecule has 0 saturated carbocycles. The van der Waals surface area contributed by atoms with Crippen molar-refractivity contribution in [2.45, 2.75) is 58.9 Å². The molecule has 2 N–H and O–H groups in total. The molecule has 0 aromatic heterocycles. The summed E-state index contributed by atoms with van der Waals surface area (Å²) in [6.07, 6.45) is 0.